The highest BCUT2D eigenvalue weighted by molar-refractivity contribution is 8.07. The van der Waals surface area contributed by atoms with Gasteiger partial charge in [-0.1, -0.05) is 41.5 Å². The first-order chi connectivity index (χ1) is 25.0. The molecule has 298 valence electrons. The summed E-state index contributed by atoms with van der Waals surface area (Å²) in [5, 5.41) is -0.149. The SMILES string of the molecule is CC(C)(C)[Si](C)(C)OCC1OC(n2cnc3c(N)ncnc32)CC1OP(O)(=S)OCC1OC(n2cnc3c(=O)[nH]c(N)nc32)CC1O[Si](C)(C)C(C)(C)C. The lowest BCUT2D eigenvalue weighted by atomic mass is 10.2. The molecule has 2 aliphatic rings. The van der Waals surface area contributed by atoms with Crippen LogP contribution in [0.4, 0.5) is 11.8 Å². The van der Waals surface area contributed by atoms with Crippen molar-refractivity contribution in [3.63, 3.8) is 0 Å². The van der Waals surface area contributed by atoms with Gasteiger partial charge in [0.1, 0.15) is 36.5 Å². The predicted octanol–water partition coefficient (Wildman–Crippen LogP) is 4.73. The van der Waals surface area contributed by atoms with Gasteiger partial charge in [-0.2, -0.15) is 4.98 Å². The molecule has 7 atom stereocenters. The van der Waals surface area contributed by atoms with Crippen LogP contribution in [0.3, 0.4) is 0 Å². The molecule has 0 spiro atoms. The quantitative estimate of drug-likeness (QED) is 0.112. The highest BCUT2D eigenvalue weighted by Gasteiger charge is 2.47. The number of rotatable bonds is 12. The Balaban J connectivity index is 1.22. The van der Waals surface area contributed by atoms with Gasteiger partial charge in [0.25, 0.3) is 5.56 Å². The zero-order chi connectivity index (χ0) is 39.6. The molecule has 6 N–H and O–H groups in total. The van der Waals surface area contributed by atoms with E-state index in [9.17, 15) is 9.69 Å². The Labute approximate surface area is 321 Å². The molecule has 6 heterocycles. The summed E-state index contributed by atoms with van der Waals surface area (Å²) in [6.07, 6.45) is 1.56. The Hall–Kier alpha value is -2.70. The van der Waals surface area contributed by atoms with Gasteiger partial charge in [-0.05, 0) is 48.1 Å². The van der Waals surface area contributed by atoms with Gasteiger partial charge in [0.15, 0.2) is 39.3 Å². The van der Waals surface area contributed by atoms with E-state index in [0.717, 1.165) is 0 Å². The number of fused-ring (bicyclic) bond motifs is 2. The smallest absolute Gasteiger partial charge is 0.324 e. The standard InChI is InChI=1S/C32H53N10O8PSSi2/c1-31(2,3)53(7,8)46-14-21-18(11-22(48-21)41-16-37-24-26(33)35-15-36-27(24)41)49-51(44,52)45-13-20-19(50-54(9,10)32(4,5)6)12-23(47-20)42-17-38-25-28(42)39-30(34)40-29(25)43/h15-23H,11-14H2,1-10H3,(H,44,52)(H2,33,35,36)(H3,34,39,40,43). The van der Waals surface area contributed by atoms with Gasteiger partial charge in [-0.25, -0.2) is 19.9 Å². The van der Waals surface area contributed by atoms with Gasteiger partial charge < -0.3 is 43.7 Å². The number of nitrogen functional groups attached to an aromatic ring is 2. The molecule has 7 unspecified atom stereocenters. The van der Waals surface area contributed by atoms with E-state index in [1.54, 1.807) is 15.5 Å². The minimum absolute atomic E-state index is 0.0379. The number of hydrogen-bond acceptors (Lipinski definition) is 15. The summed E-state index contributed by atoms with van der Waals surface area (Å²) >= 11 is 5.64. The van der Waals surface area contributed by atoms with E-state index in [1.807, 2.05) is 0 Å². The molecular weight excluding hydrogens is 772 g/mol. The van der Waals surface area contributed by atoms with Crippen molar-refractivity contribution in [1.29, 1.82) is 0 Å². The Morgan fingerprint density at radius 2 is 1.46 bits per heavy atom. The Morgan fingerprint density at radius 3 is 2.09 bits per heavy atom. The molecule has 4 aromatic heterocycles. The fourth-order valence-electron chi connectivity index (χ4n) is 5.94. The van der Waals surface area contributed by atoms with E-state index < -0.39 is 65.8 Å². The van der Waals surface area contributed by atoms with Gasteiger partial charge >= 0.3 is 6.72 Å². The van der Waals surface area contributed by atoms with Gasteiger partial charge in [0.2, 0.25) is 5.95 Å². The first-order valence-corrected chi connectivity index (χ1v) is 26.3. The zero-order valence-electron chi connectivity index (χ0n) is 32.5. The van der Waals surface area contributed by atoms with E-state index in [2.05, 4.69) is 97.6 Å². The lowest BCUT2D eigenvalue weighted by Gasteiger charge is -2.39. The van der Waals surface area contributed by atoms with Crippen LogP contribution in [-0.2, 0) is 39.2 Å². The summed E-state index contributed by atoms with van der Waals surface area (Å²) in [7, 11) is -4.51. The van der Waals surface area contributed by atoms with Crippen molar-refractivity contribution in [3.8, 4) is 0 Å². The Morgan fingerprint density at radius 1 is 0.889 bits per heavy atom. The minimum atomic E-state index is -3.91. The topological polar surface area (TPSA) is 235 Å². The van der Waals surface area contributed by atoms with Crippen molar-refractivity contribution in [1.82, 2.24) is 39.0 Å². The Bertz CT molecular complexity index is 2100. The maximum absolute atomic E-state index is 12.5. The molecule has 2 aliphatic heterocycles. The summed E-state index contributed by atoms with van der Waals surface area (Å²) in [6.45, 7) is 17.7. The first kappa shape index (κ1) is 41.0. The monoisotopic (exact) mass is 824 g/mol. The lowest BCUT2D eigenvalue weighted by molar-refractivity contribution is -0.0484. The van der Waals surface area contributed by atoms with Crippen LogP contribution in [0.1, 0.15) is 66.8 Å². The van der Waals surface area contributed by atoms with E-state index in [-0.39, 0.29) is 46.2 Å². The van der Waals surface area contributed by atoms with Crippen molar-refractivity contribution in [2.24, 2.45) is 0 Å². The highest BCUT2D eigenvalue weighted by Crippen LogP contribution is 2.51. The lowest BCUT2D eigenvalue weighted by Crippen LogP contribution is -2.46. The van der Waals surface area contributed by atoms with Crippen LogP contribution >= 0.6 is 6.72 Å². The fraction of sp³-hybridized carbons (Fsp3) is 0.688. The zero-order valence-corrected chi connectivity index (χ0v) is 36.2. The van der Waals surface area contributed by atoms with Gasteiger partial charge in [0, 0.05) is 12.8 Å². The summed E-state index contributed by atoms with van der Waals surface area (Å²) in [5.74, 6) is 0.216. The number of aromatic nitrogens is 8. The summed E-state index contributed by atoms with van der Waals surface area (Å²) in [4.78, 5) is 48.0. The third-order valence-electron chi connectivity index (χ3n) is 11.2. The van der Waals surface area contributed by atoms with Crippen molar-refractivity contribution in [2.75, 3.05) is 24.7 Å². The number of ether oxygens (including phenoxy) is 2. The minimum Gasteiger partial charge on any atom is -0.414 e. The molecule has 0 amide bonds. The molecular formula is C32H53N10O8PSSi2. The van der Waals surface area contributed by atoms with Crippen LogP contribution in [0.2, 0.25) is 36.3 Å². The van der Waals surface area contributed by atoms with Crippen LogP contribution in [-0.4, -0.2) is 98.2 Å². The molecule has 22 heteroatoms. The van der Waals surface area contributed by atoms with E-state index in [0.29, 0.717) is 24.0 Å². The normalized spacial score (nSPS) is 25.5. The number of imidazole rings is 2. The van der Waals surface area contributed by atoms with Crippen LogP contribution in [0.5, 0.6) is 0 Å². The van der Waals surface area contributed by atoms with Crippen LogP contribution in [0.25, 0.3) is 22.3 Å². The highest BCUT2D eigenvalue weighted by atomic mass is 32.5. The second-order valence-electron chi connectivity index (χ2n) is 17.0. The van der Waals surface area contributed by atoms with Crippen molar-refractivity contribution in [3.05, 3.63) is 29.3 Å². The molecule has 0 aliphatic carbocycles. The van der Waals surface area contributed by atoms with Crippen LogP contribution < -0.4 is 17.0 Å². The maximum Gasteiger partial charge on any atom is 0.324 e. The number of H-pyrrole nitrogens is 1. The molecule has 0 radical (unpaired) electrons. The van der Waals surface area contributed by atoms with E-state index in [1.165, 1.54) is 12.7 Å². The van der Waals surface area contributed by atoms with Crippen LogP contribution in [0.15, 0.2) is 23.8 Å². The average Bonchev–Trinajstić information content (AvgIpc) is 3.83. The molecule has 18 nitrogen and oxygen atoms in total. The molecule has 2 fully saturated rings. The number of nitrogens with zero attached hydrogens (tertiary/aromatic N) is 7. The maximum atomic E-state index is 12.5. The van der Waals surface area contributed by atoms with Crippen LogP contribution in [0, 0.1) is 0 Å². The van der Waals surface area contributed by atoms with E-state index in [4.69, 9.17) is 50.6 Å². The number of aromatic amines is 1. The van der Waals surface area contributed by atoms with Gasteiger partial charge in [-0.15, -0.1) is 0 Å². The third kappa shape index (κ3) is 8.36. The molecule has 0 bridgehead atoms. The van der Waals surface area contributed by atoms with Gasteiger partial charge in [-0.3, -0.25) is 18.9 Å². The molecule has 0 aromatic carbocycles. The molecule has 2 saturated heterocycles. The second-order valence-corrected chi connectivity index (χ2v) is 29.3. The average molecular weight is 825 g/mol. The van der Waals surface area contributed by atoms with Crippen molar-refractivity contribution in [2.45, 2.75) is 128 Å². The first-order valence-electron chi connectivity index (χ1n) is 17.9. The third-order valence-corrected chi connectivity index (χ3v) is 21.7. The predicted molar refractivity (Wildman–Crippen MR) is 212 cm³/mol. The molecule has 0 saturated carbocycles. The van der Waals surface area contributed by atoms with E-state index >= 15 is 0 Å². The molecule has 4 aromatic rings. The number of nitrogens with one attached hydrogen (secondary N) is 1. The molecule has 6 rings (SSSR count). The largest absolute Gasteiger partial charge is 0.414 e. The summed E-state index contributed by atoms with van der Waals surface area (Å²) in [5.41, 5.74) is 12.8. The summed E-state index contributed by atoms with van der Waals surface area (Å²) in [6, 6.07) is 0. The number of anilines is 2. The van der Waals surface area contributed by atoms with Crippen molar-refractivity contribution < 1.29 is 32.3 Å². The number of hydrogen-bond donors (Lipinski definition) is 4. The second kappa shape index (κ2) is 14.7. The summed E-state index contributed by atoms with van der Waals surface area (Å²) < 4.78 is 42.2. The number of nitrogens with two attached hydrogens (primary N) is 2. The Kier molecular flexibility index (Phi) is 11.1. The molecule has 54 heavy (non-hydrogen) atoms. The van der Waals surface area contributed by atoms with Gasteiger partial charge in [0.05, 0.1) is 38.1 Å². The van der Waals surface area contributed by atoms with Crippen molar-refractivity contribution >= 4 is 69.3 Å². The fourth-order valence-corrected chi connectivity index (χ4v) is 9.79.